The van der Waals surface area contributed by atoms with E-state index in [-0.39, 0.29) is 9.80 Å². The Kier molecular flexibility index (Phi) is 11.2. The molecule has 0 atom stereocenters. The molecule has 0 radical (unpaired) electrons. The van der Waals surface area contributed by atoms with Crippen molar-refractivity contribution in [2.24, 2.45) is 0 Å². The van der Waals surface area contributed by atoms with Crippen molar-refractivity contribution in [3.05, 3.63) is 33.3 Å². The van der Waals surface area contributed by atoms with Crippen LogP contribution in [0.2, 0.25) is 10.0 Å². The van der Waals surface area contributed by atoms with Crippen LogP contribution in [0.15, 0.2) is 12.1 Å². The van der Waals surface area contributed by atoms with Crippen molar-refractivity contribution in [2.45, 2.75) is 105 Å². The van der Waals surface area contributed by atoms with E-state index in [9.17, 15) is 28.8 Å². The van der Waals surface area contributed by atoms with Crippen molar-refractivity contribution < 1.29 is 47.7 Å². The van der Waals surface area contributed by atoms with Crippen LogP contribution in [0, 0.1) is 0 Å². The fraction of sp³-hybridized carbons (Fsp3) is 0.571. The fourth-order valence-corrected chi connectivity index (χ4v) is 3.32. The van der Waals surface area contributed by atoms with Crippen LogP contribution in [0.3, 0.4) is 0 Å². The monoisotopic (exact) mass is 632 g/mol. The van der Waals surface area contributed by atoms with Crippen LogP contribution >= 0.6 is 23.2 Å². The van der Waals surface area contributed by atoms with Crippen molar-refractivity contribution in [1.82, 2.24) is 9.80 Å². The van der Waals surface area contributed by atoms with Crippen LogP contribution < -0.4 is 0 Å². The van der Waals surface area contributed by atoms with E-state index in [4.69, 9.17) is 42.1 Å². The van der Waals surface area contributed by atoms with E-state index in [2.05, 4.69) is 0 Å². The lowest BCUT2D eigenvalue weighted by molar-refractivity contribution is 0.000954. The summed E-state index contributed by atoms with van der Waals surface area (Å²) in [6.07, 6.45) is -5.41. The standard InChI is InChI=1S/C28H38Cl2N2O10/c1-25(2,3)39-21(35)31(22(36)40-26(4,5)6)19(33)15-13-18(30)16(14-17(15)29)20(34)32(23(37)41-27(7,8)9)24(38)42-28(10,11)12/h13-14H,1-12H3. The number of benzene rings is 1. The van der Waals surface area contributed by atoms with Gasteiger partial charge in [-0.3, -0.25) is 9.59 Å². The number of carbonyl (C=O) groups excluding carboxylic acids is 6. The van der Waals surface area contributed by atoms with E-state index in [0.717, 1.165) is 12.1 Å². The lowest BCUT2D eigenvalue weighted by atomic mass is 10.1. The second-order valence-corrected chi connectivity index (χ2v) is 13.8. The number of ether oxygens (including phenoxy) is 4. The maximum atomic E-state index is 13.5. The molecule has 0 N–H and O–H groups in total. The number of hydrogen-bond acceptors (Lipinski definition) is 10. The molecule has 0 fully saturated rings. The molecule has 1 aromatic rings. The summed E-state index contributed by atoms with van der Waals surface area (Å²) in [5.41, 5.74) is -5.36. The van der Waals surface area contributed by atoms with Gasteiger partial charge in [0.25, 0.3) is 11.8 Å². The van der Waals surface area contributed by atoms with Crippen LogP contribution in [0.5, 0.6) is 0 Å². The fourth-order valence-electron chi connectivity index (χ4n) is 2.83. The van der Waals surface area contributed by atoms with Gasteiger partial charge in [-0.1, -0.05) is 23.2 Å². The minimum atomic E-state index is -1.35. The van der Waals surface area contributed by atoms with E-state index >= 15 is 0 Å². The maximum absolute atomic E-state index is 13.5. The van der Waals surface area contributed by atoms with Gasteiger partial charge in [-0.15, -0.1) is 9.80 Å². The van der Waals surface area contributed by atoms with Crippen LogP contribution in [-0.4, -0.2) is 68.4 Å². The van der Waals surface area contributed by atoms with E-state index in [1.807, 2.05) is 0 Å². The van der Waals surface area contributed by atoms with Gasteiger partial charge in [-0.05, 0) is 95.2 Å². The normalized spacial score (nSPS) is 12.1. The Balaban J connectivity index is 3.65. The number of nitrogens with zero attached hydrogens (tertiary/aromatic N) is 2. The second-order valence-electron chi connectivity index (χ2n) is 13.0. The van der Waals surface area contributed by atoms with Gasteiger partial charge < -0.3 is 18.9 Å². The van der Waals surface area contributed by atoms with E-state index in [0.29, 0.717) is 0 Å². The van der Waals surface area contributed by atoms with Crippen molar-refractivity contribution in [3.8, 4) is 0 Å². The second kappa shape index (κ2) is 12.9. The van der Waals surface area contributed by atoms with Crippen LogP contribution in [0.4, 0.5) is 19.2 Å². The van der Waals surface area contributed by atoms with Crippen LogP contribution in [-0.2, 0) is 18.9 Å². The highest BCUT2D eigenvalue weighted by Gasteiger charge is 2.40. The Morgan fingerprint density at radius 2 is 0.667 bits per heavy atom. The van der Waals surface area contributed by atoms with E-state index in [1.165, 1.54) is 83.1 Å². The summed E-state index contributed by atoms with van der Waals surface area (Å²) < 4.78 is 20.8. The van der Waals surface area contributed by atoms with Crippen LogP contribution in [0.25, 0.3) is 0 Å². The first-order valence-corrected chi connectivity index (χ1v) is 13.5. The first-order chi connectivity index (χ1) is 18.6. The van der Waals surface area contributed by atoms with Gasteiger partial charge >= 0.3 is 24.4 Å². The molecule has 42 heavy (non-hydrogen) atoms. The maximum Gasteiger partial charge on any atom is 0.427 e. The number of hydrogen-bond donors (Lipinski definition) is 0. The SMILES string of the molecule is CC(C)(C)OC(=O)N(C(=O)OC(C)(C)C)C(=O)c1cc(Cl)c(C(=O)N(C(=O)OC(C)(C)C)C(=O)OC(C)(C)C)cc1Cl. The third kappa shape index (κ3) is 11.1. The third-order valence-corrected chi connectivity index (χ3v) is 4.85. The molecule has 0 bridgehead atoms. The van der Waals surface area contributed by atoms with Crippen molar-refractivity contribution in [1.29, 1.82) is 0 Å². The molecule has 0 saturated heterocycles. The van der Waals surface area contributed by atoms with Crippen molar-refractivity contribution >= 4 is 59.4 Å². The highest BCUT2D eigenvalue weighted by atomic mass is 35.5. The molecule has 0 spiro atoms. The van der Waals surface area contributed by atoms with Gasteiger partial charge in [0.1, 0.15) is 22.4 Å². The summed E-state index contributed by atoms with van der Waals surface area (Å²) in [6, 6.07) is 1.78. The average Bonchev–Trinajstić information content (AvgIpc) is 2.69. The average molecular weight is 634 g/mol. The van der Waals surface area contributed by atoms with Gasteiger partial charge in [0.15, 0.2) is 0 Å². The summed E-state index contributed by atoms with van der Waals surface area (Å²) in [5, 5.41) is -0.920. The van der Waals surface area contributed by atoms with Gasteiger partial charge in [0.05, 0.1) is 21.2 Å². The highest BCUT2D eigenvalue weighted by molar-refractivity contribution is 6.39. The zero-order valence-corrected chi connectivity index (χ0v) is 27.4. The molecule has 14 heteroatoms. The smallest absolute Gasteiger partial charge is 0.427 e. The lowest BCUT2D eigenvalue weighted by Crippen LogP contribution is -2.47. The summed E-state index contributed by atoms with van der Waals surface area (Å²) in [7, 11) is 0. The number of amides is 6. The molecule has 0 saturated carbocycles. The third-order valence-electron chi connectivity index (χ3n) is 4.23. The molecule has 234 valence electrons. The summed E-state index contributed by atoms with van der Waals surface area (Å²) >= 11 is 12.6. The first kappa shape index (κ1) is 36.6. The zero-order chi connectivity index (χ0) is 33.2. The molecule has 0 aliphatic rings. The largest absolute Gasteiger partial charge is 0.443 e. The molecule has 1 rings (SSSR count). The molecule has 0 aliphatic carbocycles. The van der Waals surface area contributed by atoms with Crippen LogP contribution in [0.1, 0.15) is 104 Å². The predicted molar refractivity (Wildman–Crippen MR) is 154 cm³/mol. The van der Waals surface area contributed by atoms with Crippen molar-refractivity contribution in [3.63, 3.8) is 0 Å². The van der Waals surface area contributed by atoms with E-state index < -0.39 is 79.8 Å². The number of carbonyl (C=O) groups is 6. The molecule has 0 unspecified atom stereocenters. The molecular formula is C28H38Cl2N2O10. The van der Waals surface area contributed by atoms with Gasteiger partial charge in [0, 0.05) is 0 Å². The van der Waals surface area contributed by atoms with Crippen molar-refractivity contribution in [2.75, 3.05) is 0 Å². The Labute approximate surface area is 255 Å². The zero-order valence-electron chi connectivity index (χ0n) is 25.9. The summed E-state index contributed by atoms with van der Waals surface area (Å²) in [4.78, 5) is 78.6. The quantitative estimate of drug-likeness (QED) is 0.298. The summed E-state index contributed by atoms with van der Waals surface area (Å²) in [6.45, 7) is 18.3. The molecular weight excluding hydrogens is 595 g/mol. The molecule has 0 aliphatic heterocycles. The molecule has 0 aromatic heterocycles. The van der Waals surface area contributed by atoms with Gasteiger partial charge in [0.2, 0.25) is 0 Å². The van der Waals surface area contributed by atoms with E-state index in [1.54, 1.807) is 0 Å². The number of imide groups is 6. The Morgan fingerprint density at radius 1 is 0.476 bits per heavy atom. The highest BCUT2D eigenvalue weighted by Crippen LogP contribution is 2.30. The first-order valence-electron chi connectivity index (χ1n) is 12.7. The molecule has 0 heterocycles. The Morgan fingerprint density at radius 3 is 0.833 bits per heavy atom. The molecule has 6 amide bonds. The van der Waals surface area contributed by atoms with Gasteiger partial charge in [-0.25, -0.2) is 19.2 Å². The number of rotatable bonds is 2. The molecule has 12 nitrogen and oxygen atoms in total. The topological polar surface area (TPSA) is 146 Å². The molecule has 1 aromatic carbocycles. The lowest BCUT2D eigenvalue weighted by Gasteiger charge is -2.28. The summed E-state index contributed by atoms with van der Waals surface area (Å²) in [5.74, 6) is -2.55. The minimum Gasteiger partial charge on any atom is -0.443 e. The van der Waals surface area contributed by atoms with Gasteiger partial charge in [-0.2, -0.15) is 0 Å². The Hall–Kier alpha value is -3.38. The number of halogens is 2. The minimum absolute atomic E-state index is 0.100. The Bertz CT molecular complexity index is 1110. The predicted octanol–water partition coefficient (Wildman–Crippen LogP) is 7.62.